The van der Waals surface area contributed by atoms with Gasteiger partial charge in [-0.25, -0.2) is 0 Å². The first-order chi connectivity index (χ1) is 11.5. The average molecular weight is 329 g/mol. The highest BCUT2D eigenvalue weighted by molar-refractivity contribution is 5.83. The molecule has 3 heteroatoms. The number of hydrogen-bond acceptors (Lipinski definition) is 2. The van der Waals surface area contributed by atoms with Gasteiger partial charge in [-0.05, 0) is 43.6 Å². The van der Waals surface area contributed by atoms with Crippen LogP contribution in [-0.4, -0.2) is 29.9 Å². The molecule has 1 aliphatic heterocycles. The monoisotopic (exact) mass is 328 g/mol. The summed E-state index contributed by atoms with van der Waals surface area (Å²) in [6, 6.07) is 8.77. The normalized spacial score (nSPS) is 27.1. The van der Waals surface area contributed by atoms with Gasteiger partial charge in [0.2, 0.25) is 5.91 Å². The van der Waals surface area contributed by atoms with Gasteiger partial charge in [0.25, 0.3) is 0 Å². The van der Waals surface area contributed by atoms with Crippen molar-refractivity contribution in [3.8, 4) is 0 Å². The van der Waals surface area contributed by atoms with Gasteiger partial charge < -0.3 is 5.32 Å². The molecule has 0 aromatic heterocycles. The summed E-state index contributed by atoms with van der Waals surface area (Å²) >= 11 is 0. The van der Waals surface area contributed by atoms with Crippen molar-refractivity contribution >= 4 is 5.91 Å². The van der Waals surface area contributed by atoms with E-state index < -0.39 is 0 Å². The lowest BCUT2D eigenvalue weighted by atomic mass is 9.89. The van der Waals surface area contributed by atoms with Crippen molar-refractivity contribution in [1.82, 2.24) is 10.2 Å². The van der Waals surface area contributed by atoms with Crippen LogP contribution in [0.1, 0.15) is 63.1 Å². The minimum Gasteiger partial charge on any atom is -0.352 e. The molecule has 2 fully saturated rings. The van der Waals surface area contributed by atoms with E-state index in [9.17, 15) is 4.79 Å². The fraction of sp³-hybridized carbons (Fsp3) is 0.667. The third-order valence-corrected chi connectivity index (χ3v) is 5.61. The van der Waals surface area contributed by atoms with Crippen LogP contribution in [0.25, 0.3) is 0 Å². The van der Waals surface area contributed by atoms with Crippen LogP contribution in [0.4, 0.5) is 0 Å². The fourth-order valence-electron chi connectivity index (χ4n) is 4.55. The van der Waals surface area contributed by atoms with Gasteiger partial charge in [0.05, 0.1) is 0 Å². The third kappa shape index (κ3) is 4.18. The molecule has 1 saturated heterocycles. The summed E-state index contributed by atoms with van der Waals surface area (Å²) in [4.78, 5) is 15.6. The molecule has 1 aliphatic carbocycles. The van der Waals surface area contributed by atoms with E-state index in [1.807, 2.05) is 0 Å². The Kier molecular flexibility index (Phi) is 5.60. The number of carbonyl (C=O) groups excluding carboxylic acids is 1. The van der Waals surface area contributed by atoms with E-state index >= 15 is 0 Å². The van der Waals surface area contributed by atoms with Crippen LogP contribution in [0.15, 0.2) is 24.3 Å². The summed E-state index contributed by atoms with van der Waals surface area (Å²) in [7, 11) is 0. The molecule has 1 N–H and O–H groups in total. The van der Waals surface area contributed by atoms with Gasteiger partial charge in [0, 0.05) is 19.1 Å². The molecular weight excluding hydrogens is 296 g/mol. The number of rotatable bonds is 4. The lowest BCUT2D eigenvalue weighted by molar-refractivity contribution is -0.128. The molecule has 3 atom stereocenters. The number of hydrogen-bond donors (Lipinski definition) is 1. The maximum absolute atomic E-state index is 13.1. The second-order valence-electron chi connectivity index (χ2n) is 8.20. The number of aryl methyl sites for hydroxylation is 1. The number of likely N-dealkylation sites (tertiary alicyclic amines) is 1. The number of benzene rings is 1. The Bertz CT molecular complexity index is 537. The van der Waals surface area contributed by atoms with Gasteiger partial charge in [-0.3, -0.25) is 9.69 Å². The van der Waals surface area contributed by atoms with E-state index in [1.54, 1.807) is 0 Å². The summed E-state index contributed by atoms with van der Waals surface area (Å²) < 4.78 is 0. The van der Waals surface area contributed by atoms with Gasteiger partial charge in [0.15, 0.2) is 0 Å². The van der Waals surface area contributed by atoms with Crippen molar-refractivity contribution in [3.63, 3.8) is 0 Å². The Hall–Kier alpha value is -1.35. The maximum Gasteiger partial charge on any atom is 0.242 e. The predicted molar refractivity (Wildman–Crippen MR) is 98.8 cm³/mol. The summed E-state index contributed by atoms with van der Waals surface area (Å²) in [6.07, 6.45) is 6.04. The summed E-state index contributed by atoms with van der Waals surface area (Å²) in [6.45, 7) is 8.75. The van der Waals surface area contributed by atoms with Crippen molar-refractivity contribution in [2.24, 2.45) is 11.8 Å². The van der Waals surface area contributed by atoms with Crippen molar-refractivity contribution in [1.29, 1.82) is 0 Å². The number of amides is 1. The first-order valence-corrected chi connectivity index (χ1v) is 9.64. The van der Waals surface area contributed by atoms with Crippen LogP contribution in [0.5, 0.6) is 0 Å². The Labute approximate surface area is 146 Å². The van der Waals surface area contributed by atoms with Gasteiger partial charge in [-0.15, -0.1) is 0 Å². The Morgan fingerprint density at radius 3 is 2.25 bits per heavy atom. The van der Waals surface area contributed by atoms with Crippen molar-refractivity contribution < 1.29 is 4.79 Å². The highest BCUT2D eigenvalue weighted by Crippen LogP contribution is 2.30. The van der Waals surface area contributed by atoms with E-state index in [4.69, 9.17) is 0 Å². The topological polar surface area (TPSA) is 32.3 Å². The van der Waals surface area contributed by atoms with Crippen LogP contribution >= 0.6 is 0 Å². The first kappa shape index (κ1) is 17.5. The molecule has 3 nitrogen and oxygen atoms in total. The number of carbonyl (C=O) groups is 1. The summed E-state index contributed by atoms with van der Waals surface area (Å²) in [5.74, 6) is 1.51. The molecule has 0 unspecified atom stereocenters. The van der Waals surface area contributed by atoms with E-state index in [1.165, 1.54) is 24.8 Å². The van der Waals surface area contributed by atoms with Crippen LogP contribution in [0.3, 0.4) is 0 Å². The Morgan fingerprint density at radius 1 is 1.08 bits per heavy atom. The fourth-order valence-corrected chi connectivity index (χ4v) is 4.55. The van der Waals surface area contributed by atoms with Crippen molar-refractivity contribution in [2.45, 2.75) is 65.0 Å². The molecule has 1 amide bonds. The zero-order chi connectivity index (χ0) is 17.1. The molecule has 0 bridgehead atoms. The molecule has 24 heavy (non-hydrogen) atoms. The molecule has 1 heterocycles. The predicted octanol–water partition coefficient (Wildman–Crippen LogP) is 4.07. The number of piperidine rings is 1. The molecule has 1 aromatic carbocycles. The van der Waals surface area contributed by atoms with E-state index in [0.717, 1.165) is 31.5 Å². The van der Waals surface area contributed by atoms with Gasteiger partial charge in [0.1, 0.15) is 6.04 Å². The molecule has 132 valence electrons. The minimum atomic E-state index is -0.142. The first-order valence-electron chi connectivity index (χ1n) is 9.64. The average Bonchev–Trinajstić information content (AvgIpc) is 3.01. The SMILES string of the molecule is Cc1ccc([C@H](C(=O)NC2CCCC2)N2C[C@@H](C)C[C@H](C)C2)cc1. The smallest absolute Gasteiger partial charge is 0.242 e. The quantitative estimate of drug-likeness (QED) is 0.903. The molecular formula is C21H32N2O. The van der Waals surface area contributed by atoms with E-state index in [0.29, 0.717) is 17.9 Å². The van der Waals surface area contributed by atoms with Crippen molar-refractivity contribution in [2.75, 3.05) is 13.1 Å². The Balaban J connectivity index is 1.82. The standard InChI is InChI=1S/C21H32N2O/c1-15-8-10-18(11-9-15)20(21(24)22-19-6-4-5-7-19)23-13-16(2)12-17(3)14-23/h8-11,16-17,19-20H,4-7,12-14H2,1-3H3,(H,22,24)/t16-,17-,20+/m0/s1. The van der Waals surface area contributed by atoms with Crippen LogP contribution in [0.2, 0.25) is 0 Å². The number of nitrogens with one attached hydrogen (secondary N) is 1. The third-order valence-electron chi connectivity index (χ3n) is 5.61. The van der Waals surface area contributed by atoms with Gasteiger partial charge in [-0.2, -0.15) is 0 Å². The minimum absolute atomic E-state index is 0.142. The maximum atomic E-state index is 13.1. The van der Waals surface area contributed by atoms with Crippen LogP contribution in [0, 0.1) is 18.8 Å². The van der Waals surface area contributed by atoms with E-state index in [2.05, 4.69) is 55.3 Å². The second kappa shape index (κ2) is 7.69. The molecule has 0 radical (unpaired) electrons. The van der Waals surface area contributed by atoms with Gasteiger partial charge >= 0.3 is 0 Å². The lowest BCUT2D eigenvalue weighted by Gasteiger charge is -2.40. The van der Waals surface area contributed by atoms with E-state index in [-0.39, 0.29) is 11.9 Å². The largest absolute Gasteiger partial charge is 0.352 e. The highest BCUT2D eigenvalue weighted by Gasteiger charge is 2.34. The second-order valence-corrected chi connectivity index (χ2v) is 8.20. The molecule has 0 spiro atoms. The zero-order valence-electron chi connectivity index (χ0n) is 15.4. The van der Waals surface area contributed by atoms with Crippen LogP contribution in [-0.2, 0) is 4.79 Å². The lowest BCUT2D eigenvalue weighted by Crippen LogP contribution is -2.48. The van der Waals surface area contributed by atoms with Crippen LogP contribution < -0.4 is 5.32 Å². The number of nitrogens with zero attached hydrogens (tertiary/aromatic N) is 1. The summed E-state index contributed by atoms with van der Waals surface area (Å²) in [5.41, 5.74) is 2.38. The summed E-state index contributed by atoms with van der Waals surface area (Å²) in [5, 5.41) is 3.34. The molecule has 1 aromatic rings. The Morgan fingerprint density at radius 2 is 1.67 bits per heavy atom. The highest BCUT2D eigenvalue weighted by atomic mass is 16.2. The van der Waals surface area contributed by atoms with Crippen molar-refractivity contribution in [3.05, 3.63) is 35.4 Å². The molecule has 3 rings (SSSR count). The molecule has 1 saturated carbocycles. The zero-order valence-corrected chi connectivity index (χ0v) is 15.4. The molecule has 2 aliphatic rings. The van der Waals surface area contributed by atoms with Gasteiger partial charge in [-0.1, -0.05) is 56.5 Å².